The van der Waals surface area contributed by atoms with Crippen LogP contribution in [0.3, 0.4) is 0 Å². The molecule has 0 saturated heterocycles. The number of nitrogens with two attached hydrogens (primary N) is 1. The van der Waals surface area contributed by atoms with Crippen LogP contribution in [0.5, 0.6) is 0 Å². The second-order valence-electron chi connectivity index (χ2n) is 5.73. The number of aromatic nitrogens is 2. The summed E-state index contributed by atoms with van der Waals surface area (Å²) < 4.78 is 26.9. The minimum absolute atomic E-state index is 0.166. The summed E-state index contributed by atoms with van der Waals surface area (Å²) in [7, 11) is 0. The average Bonchev–Trinajstić information content (AvgIpc) is 2.73. The van der Waals surface area contributed by atoms with E-state index >= 15 is 0 Å². The van der Waals surface area contributed by atoms with Gasteiger partial charge in [0.15, 0.2) is 5.82 Å². The second-order valence-corrected chi connectivity index (χ2v) is 5.73. The number of aromatic amines is 1. The molecule has 2 atom stereocenters. The number of H-pyrrole nitrogens is 1. The van der Waals surface area contributed by atoms with Crippen LogP contribution >= 0.6 is 0 Å². The predicted molar refractivity (Wildman–Crippen MR) is 69.5 cm³/mol. The Bertz CT molecular complexity index is 622. The summed E-state index contributed by atoms with van der Waals surface area (Å²) >= 11 is 0. The van der Waals surface area contributed by atoms with Crippen molar-refractivity contribution in [2.75, 3.05) is 0 Å². The number of hydrogen-bond acceptors (Lipinski definition) is 2. The summed E-state index contributed by atoms with van der Waals surface area (Å²) in [4.78, 5) is 7.25. The highest BCUT2D eigenvalue weighted by molar-refractivity contribution is 5.76. The van der Waals surface area contributed by atoms with Crippen molar-refractivity contribution in [3.63, 3.8) is 0 Å². The monoisotopic (exact) mass is 265 g/mol. The van der Waals surface area contributed by atoms with Gasteiger partial charge in [0, 0.05) is 6.07 Å². The SMILES string of the molecule is CC1CCCC(N)(c2nc3c(F)cc(F)cc3[nH]2)C1. The van der Waals surface area contributed by atoms with E-state index in [0.717, 1.165) is 31.7 Å². The first-order chi connectivity index (χ1) is 8.98. The minimum atomic E-state index is -0.648. The Morgan fingerprint density at radius 1 is 1.42 bits per heavy atom. The largest absolute Gasteiger partial charge is 0.340 e. The van der Waals surface area contributed by atoms with Crippen LogP contribution in [0.15, 0.2) is 12.1 Å². The van der Waals surface area contributed by atoms with Crippen LogP contribution in [0.25, 0.3) is 11.0 Å². The number of hydrogen-bond donors (Lipinski definition) is 2. The van der Waals surface area contributed by atoms with Crippen molar-refractivity contribution in [3.05, 3.63) is 29.6 Å². The fraction of sp³-hybridized carbons (Fsp3) is 0.500. The van der Waals surface area contributed by atoms with Gasteiger partial charge in [-0.2, -0.15) is 0 Å². The van der Waals surface area contributed by atoms with Crippen molar-refractivity contribution in [2.24, 2.45) is 11.7 Å². The maximum atomic E-state index is 13.7. The first-order valence-electron chi connectivity index (χ1n) is 6.62. The van der Waals surface area contributed by atoms with Gasteiger partial charge >= 0.3 is 0 Å². The fourth-order valence-corrected chi connectivity index (χ4v) is 3.09. The molecule has 2 aromatic rings. The molecule has 3 nitrogen and oxygen atoms in total. The van der Waals surface area contributed by atoms with Gasteiger partial charge in [0.1, 0.15) is 17.2 Å². The van der Waals surface area contributed by atoms with E-state index in [4.69, 9.17) is 5.73 Å². The van der Waals surface area contributed by atoms with Crippen molar-refractivity contribution < 1.29 is 8.78 Å². The van der Waals surface area contributed by atoms with Crippen molar-refractivity contribution >= 4 is 11.0 Å². The smallest absolute Gasteiger partial charge is 0.153 e. The molecule has 0 bridgehead atoms. The molecule has 102 valence electrons. The molecule has 0 radical (unpaired) electrons. The zero-order chi connectivity index (χ0) is 13.6. The lowest BCUT2D eigenvalue weighted by Crippen LogP contribution is -2.42. The highest BCUT2D eigenvalue weighted by atomic mass is 19.1. The van der Waals surface area contributed by atoms with Crippen LogP contribution in [0.2, 0.25) is 0 Å². The maximum Gasteiger partial charge on any atom is 0.153 e. The summed E-state index contributed by atoms with van der Waals surface area (Å²) in [5, 5.41) is 0. The van der Waals surface area contributed by atoms with E-state index in [9.17, 15) is 8.78 Å². The molecule has 3 N–H and O–H groups in total. The summed E-state index contributed by atoms with van der Waals surface area (Å²) in [6, 6.07) is 2.10. The van der Waals surface area contributed by atoms with E-state index in [0.29, 0.717) is 17.3 Å². The zero-order valence-corrected chi connectivity index (χ0v) is 10.8. The molecular weight excluding hydrogens is 248 g/mol. The molecular formula is C14H17F2N3. The van der Waals surface area contributed by atoms with E-state index in [1.165, 1.54) is 6.07 Å². The van der Waals surface area contributed by atoms with Gasteiger partial charge in [-0.3, -0.25) is 0 Å². The Kier molecular flexibility index (Phi) is 2.82. The lowest BCUT2D eigenvalue weighted by Gasteiger charge is -2.35. The highest BCUT2D eigenvalue weighted by Crippen LogP contribution is 2.37. The molecule has 0 amide bonds. The standard InChI is InChI=1S/C14H17F2N3/c1-8-3-2-4-14(17,7-8)13-18-11-6-9(15)5-10(16)12(11)19-13/h5-6,8H,2-4,7,17H2,1H3,(H,18,19). The Balaban J connectivity index is 2.08. The quantitative estimate of drug-likeness (QED) is 0.832. The van der Waals surface area contributed by atoms with E-state index in [-0.39, 0.29) is 5.52 Å². The first kappa shape index (κ1) is 12.5. The third kappa shape index (κ3) is 2.12. The van der Waals surface area contributed by atoms with Gasteiger partial charge in [-0.05, 0) is 24.8 Å². The van der Waals surface area contributed by atoms with Crippen molar-refractivity contribution in [2.45, 2.75) is 38.1 Å². The zero-order valence-electron chi connectivity index (χ0n) is 10.8. The summed E-state index contributed by atoms with van der Waals surface area (Å²) in [5.74, 6) is -0.166. The third-order valence-corrected chi connectivity index (χ3v) is 4.01. The number of nitrogens with zero attached hydrogens (tertiary/aromatic N) is 1. The predicted octanol–water partition coefficient (Wildman–Crippen LogP) is 3.21. The Hall–Kier alpha value is -1.49. The molecule has 0 spiro atoms. The number of rotatable bonds is 1. The lowest BCUT2D eigenvalue weighted by molar-refractivity contribution is 0.230. The molecule has 1 saturated carbocycles. The molecule has 1 heterocycles. The second kappa shape index (κ2) is 4.27. The maximum absolute atomic E-state index is 13.7. The number of fused-ring (bicyclic) bond motifs is 1. The van der Waals surface area contributed by atoms with Gasteiger partial charge in [0.05, 0.1) is 11.1 Å². The number of benzene rings is 1. The molecule has 19 heavy (non-hydrogen) atoms. The van der Waals surface area contributed by atoms with Crippen molar-refractivity contribution in [3.8, 4) is 0 Å². The van der Waals surface area contributed by atoms with Crippen LogP contribution in [0.1, 0.15) is 38.4 Å². The molecule has 1 fully saturated rings. The Morgan fingerprint density at radius 2 is 2.21 bits per heavy atom. The van der Waals surface area contributed by atoms with Crippen molar-refractivity contribution in [1.82, 2.24) is 9.97 Å². The first-order valence-corrected chi connectivity index (χ1v) is 6.62. The minimum Gasteiger partial charge on any atom is -0.340 e. The number of nitrogens with one attached hydrogen (secondary N) is 1. The van der Waals surface area contributed by atoms with E-state index < -0.39 is 17.2 Å². The molecule has 0 aliphatic heterocycles. The Labute approximate surface area is 110 Å². The van der Waals surface area contributed by atoms with Gasteiger partial charge in [0.2, 0.25) is 0 Å². The topological polar surface area (TPSA) is 54.7 Å². The highest BCUT2D eigenvalue weighted by Gasteiger charge is 2.35. The van der Waals surface area contributed by atoms with Crippen molar-refractivity contribution in [1.29, 1.82) is 0 Å². The Morgan fingerprint density at radius 3 is 2.95 bits per heavy atom. The lowest BCUT2D eigenvalue weighted by atomic mass is 9.76. The number of imidazole rings is 1. The summed E-state index contributed by atoms with van der Waals surface area (Å²) in [6.45, 7) is 2.16. The van der Waals surface area contributed by atoms with E-state index in [1.807, 2.05) is 0 Å². The van der Waals surface area contributed by atoms with Gasteiger partial charge in [-0.1, -0.05) is 19.8 Å². The average molecular weight is 265 g/mol. The number of halogens is 2. The third-order valence-electron chi connectivity index (χ3n) is 4.01. The fourth-order valence-electron chi connectivity index (χ4n) is 3.09. The van der Waals surface area contributed by atoms with Gasteiger partial charge in [-0.25, -0.2) is 13.8 Å². The van der Waals surface area contributed by atoms with Crippen LogP contribution in [-0.4, -0.2) is 9.97 Å². The van der Waals surface area contributed by atoms with E-state index in [2.05, 4.69) is 16.9 Å². The van der Waals surface area contributed by atoms with Crippen LogP contribution < -0.4 is 5.73 Å². The molecule has 1 aromatic heterocycles. The van der Waals surface area contributed by atoms with E-state index in [1.54, 1.807) is 0 Å². The van der Waals surface area contributed by atoms with Crippen LogP contribution in [0, 0.1) is 17.6 Å². The van der Waals surface area contributed by atoms with Gasteiger partial charge in [0.25, 0.3) is 0 Å². The summed E-state index contributed by atoms with van der Waals surface area (Å²) in [5.41, 5.74) is 6.39. The molecule has 1 aliphatic carbocycles. The van der Waals surface area contributed by atoms with Crippen LogP contribution in [0.4, 0.5) is 8.78 Å². The summed E-state index contributed by atoms with van der Waals surface area (Å²) in [6.07, 6.45) is 3.83. The molecule has 1 aromatic carbocycles. The van der Waals surface area contributed by atoms with Gasteiger partial charge < -0.3 is 10.7 Å². The molecule has 3 rings (SSSR count). The molecule has 2 unspecified atom stereocenters. The molecule has 1 aliphatic rings. The normalized spacial score (nSPS) is 27.9. The molecule has 5 heteroatoms. The van der Waals surface area contributed by atoms with Gasteiger partial charge in [-0.15, -0.1) is 0 Å². The van der Waals surface area contributed by atoms with Crippen LogP contribution in [-0.2, 0) is 5.54 Å².